The minimum absolute atomic E-state index is 0.0446. The van der Waals surface area contributed by atoms with Gasteiger partial charge in [0.05, 0.1) is 13.7 Å². The maximum absolute atomic E-state index is 12.5. The average molecular weight is 267 g/mol. The molecule has 0 saturated heterocycles. The van der Waals surface area contributed by atoms with Gasteiger partial charge in [-0.05, 0) is 41.8 Å². The van der Waals surface area contributed by atoms with Crippen LogP contribution in [0.25, 0.3) is 0 Å². The second-order valence-electron chi connectivity index (χ2n) is 4.93. The molecule has 1 aliphatic rings. The van der Waals surface area contributed by atoms with Gasteiger partial charge in [0.2, 0.25) is 0 Å². The molecule has 1 aliphatic heterocycles. The maximum Gasteiger partial charge on any atom is 0.259 e. The molecule has 3 nitrogen and oxygen atoms in total. The monoisotopic (exact) mass is 267 g/mol. The van der Waals surface area contributed by atoms with Crippen molar-refractivity contribution in [2.24, 2.45) is 0 Å². The first-order valence-corrected chi connectivity index (χ1v) is 6.80. The summed E-state index contributed by atoms with van der Waals surface area (Å²) in [5.74, 6) is 0.767. The summed E-state index contributed by atoms with van der Waals surface area (Å²) < 4.78 is 5.19. The Hall–Kier alpha value is -2.29. The predicted molar refractivity (Wildman–Crippen MR) is 79.3 cm³/mol. The van der Waals surface area contributed by atoms with Gasteiger partial charge in [-0.15, -0.1) is 0 Å². The Morgan fingerprint density at radius 3 is 2.55 bits per heavy atom. The lowest BCUT2D eigenvalue weighted by molar-refractivity contribution is 0.0996. The van der Waals surface area contributed by atoms with Gasteiger partial charge < -0.3 is 9.64 Å². The molecule has 0 atom stereocenters. The fourth-order valence-corrected chi connectivity index (χ4v) is 2.53. The number of benzene rings is 2. The second-order valence-corrected chi connectivity index (χ2v) is 4.93. The number of fused-ring (bicyclic) bond motifs is 1. The highest BCUT2D eigenvalue weighted by Gasteiger charge is 2.28. The Morgan fingerprint density at radius 1 is 1.15 bits per heavy atom. The molecule has 2 aromatic carbocycles. The standard InChI is InChI=1S/C17H17NO2/c1-3-12-4-7-14(8-5-12)18-11-13-6-9-15(20-2)10-16(13)17(18)19/h4-10H,3,11H2,1-2H3. The predicted octanol–water partition coefficient (Wildman–Crippen LogP) is 3.42. The molecular weight excluding hydrogens is 250 g/mol. The van der Waals surface area contributed by atoms with Crippen LogP contribution in [0.4, 0.5) is 5.69 Å². The zero-order chi connectivity index (χ0) is 14.1. The van der Waals surface area contributed by atoms with Gasteiger partial charge in [-0.2, -0.15) is 0 Å². The number of carbonyl (C=O) groups is 1. The summed E-state index contributed by atoms with van der Waals surface area (Å²) in [5.41, 5.74) is 4.02. The summed E-state index contributed by atoms with van der Waals surface area (Å²) >= 11 is 0. The number of anilines is 1. The average Bonchev–Trinajstić information content (AvgIpc) is 2.84. The third-order valence-corrected chi connectivity index (χ3v) is 3.78. The molecule has 0 saturated carbocycles. The van der Waals surface area contributed by atoms with E-state index in [0.29, 0.717) is 6.54 Å². The van der Waals surface area contributed by atoms with Crippen molar-refractivity contribution in [1.82, 2.24) is 0 Å². The number of carbonyl (C=O) groups excluding carboxylic acids is 1. The summed E-state index contributed by atoms with van der Waals surface area (Å²) in [4.78, 5) is 14.3. The third-order valence-electron chi connectivity index (χ3n) is 3.78. The Bertz CT molecular complexity index is 647. The van der Waals surface area contributed by atoms with Crippen molar-refractivity contribution in [3.63, 3.8) is 0 Å². The van der Waals surface area contributed by atoms with E-state index >= 15 is 0 Å². The van der Waals surface area contributed by atoms with E-state index in [1.165, 1.54) is 5.56 Å². The molecule has 0 fully saturated rings. The van der Waals surface area contributed by atoms with Crippen LogP contribution < -0.4 is 9.64 Å². The zero-order valence-electron chi connectivity index (χ0n) is 11.7. The molecule has 3 rings (SSSR count). The van der Waals surface area contributed by atoms with Crippen LogP contribution in [-0.4, -0.2) is 13.0 Å². The van der Waals surface area contributed by atoms with Gasteiger partial charge in [0, 0.05) is 11.3 Å². The van der Waals surface area contributed by atoms with Gasteiger partial charge in [0.15, 0.2) is 0 Å². The number of amides is 1. The minimum Gasteiger partial charge on any atom is -0.497 e. The van der Waals surface area contributed by atoms with Crippen molar-refractivity contribution in [2.75, 3.05) is 12.0 Å². The van der Waals surface area contributed by atoms with E-state index in [1.807, 2.05) is 35.2 Å². The minimum atomic E-state index is 0.0446. The molecule has 0 bridgehead atoms. The number of methoxy groups -OCH3 is 1. The van der Waals surface area contributed by atoms with Crippen LogP contribution in [0.5, 0.6) is 5.75 Å². The van der Waals surface area contributed by atoms with Gasteiger partial charge in [-0.1, -0.05) is 25.1 Å². The SMILES string of the molecule is CCc1ccc(N2Cc3ccc(OC)cc3C2=O)cc1. The van der Waals surface area contributed by atoms with Crippen molar-refractivity contribution in [3.05, 3.63) is 59.2 Å². The number of ether oxygens (including phenoxy) is 1. The number of hydrogen-bond donors (Lipinski definition) is 0. The molecule has 0 N–H and O–H groups in total. The molecule has 102 valence electrons. The van der Waals surface area contributed by atoms with Crippen LogP contribution in [0.3, 0.4) is 0 Å². The summed E-state index contributed by atoms with van der Waals surface area (Å²) in [6.45, 7) is 2.75. The summed E-state index contributed by atoms with van der Waals surface area (Å²) in [6, 6.07) is 13.9. The van der Waals surface area contributed by atoms with E-state index < -0.39 is 0 Å². The number of rotatable bonds is 3. The Kier molecular flexibility index (Phi) is 3.18. The molecule has 20 heavy (non-hydrogen) atoms. The first-order chi connectivity index (χ1) is 9.72. The molecule has 3 heteroatoms. The van der Waals surface area contributed by atoms with Gasteiger partial charge in [-0.25, -0.2) is 0 Å². The second kappa shape index (κ2) is 5.00. The molecule has 0 unspecified atom stereocenters. The molecule has 0 radical (unpaired) electrons. The van der Waals surface area contributed by atoms with E-state index in [9.17, 15) is 4.79 Å². The van der Waals surface area contributed by atoms with Crippen LogP contribution in [0, 0.1) is 0 Å². The molecule has 1 heterocycles. The number of nitrogens with zero attached hydrogens (tertiary/aromatic N) is 1. The smallest absolute Gasteiger partial charge is 0.259 e. The molecule has 1 amide bonds. The van der Waals surface area contributed by atoms with Gasteiger partial charge in [0.1, 0.15) is 5.75 Å². The molecule has 2 aromatic rings. The fourth-order valence-electron chi connectivity index (χ4n) is 2.53. The molecule has 0 spiro atoms. The topological polar surface area (TPSA) is 29.5 Å². The van der Waals surface area contributed by atoms with E-state index in [0.717, 1.165) is 29.0 Å². The van der Waals surface area contributed by atoms with Crippen LogP contribution in [0.1, 0.15) is 28.4 Å². The zero-order valence-corrected chi connectivity index (χ0v) is 11.7. The quantitative estimate of drug-likeness (QED) is 0.852. The first kappa shape index (κ1) is 12.7. The Labute approximate surface area is 118 Å². The van der Waals surface area contributed by atoms with E-state index in [2.05, 4.69) is 19.1 Å². The Morgan fingerprint density at radius 2 is 1.90 bits per heavy atom. The summed E-state index contributed by atoms with van der Waals surface area (Å²) in [5, 5.41) is 0. The van der Waals surface area contributed by atoms with Crippen LogP contribution in [0.2, 0.25) is 0 Å². The van der Waals surface area contributed by atoms with E-state index in [4.69, 9.17) is 4.74 Å². The molecule has 0 aliphatic carbocycles. The van der Waals surface area contributed by atoms with Crippen molar-refractivity contribution < 1.29 is 9.53 Å². The van der Waals surface area contributed by atoms with Gasteiger partial charge in [0.25, 0.3) is 5.91 Å². The largest absolute Gasteiger partial charge is 0.497 e. The summed E-state index contributed by atoms with van der Waals surface area (Å²) in [6.07, 6.45) is 1.01. The van der Waals surface area contributed by atoms with Gasteiger partial charge in [-0.3, -0.25) is 4.79 Å². The van der Waals surface area contributed by atoms with Crippen LogP contribution >= 0.6 is 0 Å². The van der Waals surface area contributed by atoms with E-state index in [-0.39, 0.29) is 5.91 Å². The van der Waals surface area contributed by atoms with Crippen molar-refractivity contribution in [2.45, 2.75) is 19.9 Å². The maximum atomic E-state index is 12.5. The highest BCUT2D eigenvalue weighted by molar-refractivity contribution is 6.10. The lowest BCUT2D eigenvalue weighted by atomic mass is 10.1. The number of aryl methyl sites for hydroxylation is 1. The fraction of sp³-hybridized carbons (Fsp3) is 0.235. The normalized spacial score (nSPS) is 13.5. The third kappa shape index (κ3) is 2.05. The molecule has 0 aromatic heterocycles. The van der Waals surface area contributed by atoms with Crippen molar-refractivity contribution in [1.29, 1.82) is 0 Å². The van der Waals surface area contributed by atoms with E-state index in [1.54, 1.807) is 7.11 Å². The van der Waals surface area contributed by atoms with Crippen molar-refractivity contribution >= 4 is 11.6 Å². The van der Waals surface area contributed by atoms with Crippen molar-refractivity contribution in [3.8, 4) is 5.75 Å². The highest BCUT2D eigenvalue weighted by atomic mass is 16.5. The lowest BCUT2D eigenvalue weighted by Gasteiger charge is -2.16. The highest BCUT2D eigenvalue weighted by Crippen LogP contribution is 2.30. The van der Waals surface area contributed by atoms with Gasteiger partial charge >= 0.3 is 0 Å². The van der Waals surface area contributed by atoms with Crippen LogP contribution in [-0.2, 0) is 13.0 Å². The Balaban J connectivity index is 1.92. The lowest BCUT2D eigenvalue weighted by Crippen LogP contribution is -2.22. The molecular formula is C17H17NO2. The number of hydrogen-bond acceptors (Lipinski definition) is 2. The van der Waals surface area contributed by atoms with Crippen LogP contribution in [0.15, 0.2) is 42.5 Å². The first-order valence-electron chi connectivity index (χ1n) is 6.80. The summed E-state index contributed by atoms with van der Waals surface area (Å²) in [7, 11) is 1.61.